The van der Waals surface area contributed by atoms with Crippen molar-refractivity contribution in [1.29, 1.82) is 0 Å². The Morgan fingerprint density at radius 1 is 1.37 bits per heavy atom. The Morgan fingerprint density at radius 2 is 2.11 bits per heavy atom. The van der Waals surface area contributed by atoms with Crippen molar-refractivity contribution in [2.24, 2.45) is 5.41 Å². The Hall–Kier alpha value is -0.380. The van der Waals surface area contributed by atoms with Crippen molar-refractivity contribution in [3.8, 4) is 0 Å². The first-order chi connectivity index (χ1) is 9.23. The van der Waals surface area contributed by atoms with Gasteiger partial charge in [-0.3, -0.25) is 4.90 Å². The zero-order chi connectivity index (χ0) is 13.7. The average molecular weight is 280 g/mol. The monoisotopic (exact) mass is 280 g/mol. The normalized spacial score (nSPS) is 16.2. The summed E-state index contributed by atoms with van der Waals surface area (Å²) in [6, 6.07) is 5.29. The molecule has 2 nitrogen and oxygen atoms in total. The van der Waals surface area contributed by atoms with E-state index in [9.17, 15) is 0 Å². The third-order valence-corrected chi connectivity index (χ3v) is 5.45. The van der Waals surface area contributed by atoms with Gasteiger partial charge in [0.1, 0.15) is 0 Å². The van der Waals surface area contributed by atoms with Crippen LogP contribution in [0.4, 0.5) is 0 Å². The van der Waals surface area contributed by atoms with Crippen molar-refractivity contribution in [2.45, 2.75) is 52.1 Å². The molecule has 1 saturated carbocycles. The van der Waals surface area contributed by atoms with E-state index in [0.29, 0.717) is 5.41 Å². The zero-order valence-electron chi connectivity index (χ0n) is 12.6. The number of nitrogens with one attached hydrogen (secondary N) is 1. The summed E-state index contributed by atoms with van der Waals surface area (Å²) < 4.78 is 0. The lowest BCUT2D eigenvalue weighted by Gasteiger charge is -2.37. The molecule has 0 unspecified atom stereocenters. The molecule has 0 saturated heterocycles. The molecule has 3 heteroatoms. The van der Waals surface area contributed by atoms with Crippen LogP contribution in [-0.2, 0) is 6.54 Å². The molecule has 19 heavy (non-hydrogen) atoms. The molecular formula is C16H28N2S. The maximum Gasteiger partial charge on any atom is 0.0331 e. The van der Waals surface area contributed by atoms with Gasteiger partial charge in [0.25, 0.3) is 0 Å². The fourth-order valence-electron chi connectivity index (χ4n) is 2.94. The van der Waals surface area contributed by atoms with Crippen LogP contribution in [0.3, 0.4) is 0 Å². The van der Waals surface area contributed by atoms with Gasteiger partial charge in [-0.15, -0.1) is 11.3 Å². The van der Waals surface area contributed by atoms with Crippen LogP contribution >= 0.6 is 11.3 Å². The van der Waals surface area contributed by atoms with E-state index in [1.165, 1.54) is 37.1 Å². The van der Waals surface area contributed by atoms with E-state index in [1.807, 2.05) is 11.3 Å². The Balaban J connectivity index is 2.02. The van der Waals surface area contributed by atoms with Gasteiger partial charge in [-0.25, -0.2) is 0 Å². The van der Waals surface area contributed by atoms with Crippen LogP contribution in [0.25, 0.3) is 0 Å². The maximum absolute atomic E-state index is 3.41. The van der Waals surface area contributed by atoms with Crippen LogP contribution in [0.5, 0.6) is 0 Å². The highest BCUT2D eigenvalue weighted by atomic mass is 32.1. The van der Waals surface area contributed by atoms with E-state index in [1.54, 1.807) is 0 Å². The van der Waals surface area contributed by atoms with Gasteiger partial charge >= 0.3 is 0 Å². The minimum Gasteiger partial charge on any atom is -0.319 e. The van der Waals surface area contributed by atoms with Gasteiger partial charge in [0.05, 0.1) is 0 Å². The van der Waals surface area contributed by atoms with Crippen LogP contribution < -0.4 is 5.32 Å². The van der Waals surface area contributed by atoms with Crippen LogP contribution in [0.2, 0.25) is 0 Å². The van der Waals surface area contributed by atoms with Gasteiger partial charge in [0, 0.05) is 30.6 Å². The minimum atomic E-state index is 0.439. The zero-order valence-corrected chi connectivity index (χ0v) is 13.4. The second kappa shape index (κ2) is 6.87. The third kappa shape index (κ3) is 4.04. The quantitative estimate of drug-likeness (QED) is 0.741. The summed E-state index contributed by atoms with van der Waals surface area (Å²) in [6.07, 6.45) is 5.32. The molecule has 1 N–H and O–H groups in total. The highest BCUT2D eigenvalue weighted by Gasteiger charge is 2.35. The van der Waals surface area contributed by atoms with E-state index in [0.717, 1.165) is 19.1 Å². The largest absolute Gasteiger partial charge is 0.319 e. The van der Waals surface area contributed by atoms with Gasteiger partial charge in [-0.1, -0.05) is 19.9 Å². The number of hydrogen-bond acceptors (Lipinski definition) is 3. The molecule has 0 bridgehead atoms. The molecule has 0 radical (unpaired) electrons. The van der Waals surface area contributed by atoms with Crippen molar-refractivity contribution >= 4 is 11.3 Å². The van der Waals surface area contributed by atoms with Gasteiger partial charge in [0.2, 0.25) is 0 Å². The van der Waals surface area contributed by atoms with Crippen LogP contribution in [-0.4, -0.2) is 31.1 Å². The molecule has 1 aliphatic carbocycles. The molecule has 0 aromatic carbocycles. The Bertz CT molecular complexity index is 353. The SMILES string of the molecule is CCC(CC)(CNC)CN(Cc1cccs1)C1CC1. The minimum absolute atomic E-state index is 0.439. The highest BCUT2D eigenvalue weighted by molar-refractivity contribution is 7.09. The number of hydrogen-bond donors (Lipinski definition) is 1. The van der Waals surface area contributed by atoms with Crippen molar-refractivity contribution in [3.05, 3.63) is 22.4 Å². The molecule has 0 aliphatic heterocycles. The summed E-state index contributed by atoms with van der Waals surface area (Å²) in [7, 11) is 2.08. The second-order valence-corrected chi connectivity index (χ2v) is 6.99. The van der Waals surface area contributed by atoms with Gasteiger partial charge in [-0.05, 0) is 49.6 Å². The maximum atomic E-state index is 3.41. The molecule has 108 valence electrons. The molecule has 0 spiro atoms. The molecule has 1 aromatic rings. The highest BCUT2D eigenvalue weighted by Crippen LogP contribution is 2.35. The van der Waals surface area contributed by atoms with Crippen molar-refractivity contribution in [3.63, 3.8) is 0 Å². The Labute approximate surface area is 122 Å². The Kier molecular flexibility index (Phi) is 5.43. The molecule has 1 heterocycles. The van der Waals surface area contributed by atoms with Crippen LogP contribution in [0.1, 0.15) is 44.4 Å². The summed E-state index contributed by atoms with van der Waals surface area (Å²) >= 11 is 1.89. The van der Waals surface area contributed by atoms with Crippen LogP contribution in [0, 0.1) is 5.41 Å². The average Bonchev–Trinajstić information content (AvgIpc) is 3.16. The van der Waals surface area contributed by atoms with E-state index in [4.69, 9.17) is 0 Å². The fraction of sp³-hybridized carbons (Fsp3) is 0.750. The first-order valence-electron chi connectivity index (χ1n) is 7.64. The lowest BCUT2D eigenvalue weighted by Crippen LogP contribution is -2.43. The van der Waals surface area contributed by atoms with E-state index >= 15 is 0 Å². The van der Waals surface area contributed by atoms with Crippen molar-refractivity contribution in [1.82, 2.24) is 10.2 Å². The van der Waals surface area contributed by atoms with E-state index < -0.39 is 0 Å². The lowest BCUT2D eigenvalue weighted by molar-refractivity contribution is 0.125. The van der Waals surface area contributed by atoms with E-state index in [2.05, 4.69) is 48.6 Å². The summed E-state index contributed by atoms with van der Waals surface area (Å²) in [5.74, 6) is 0. The number of nitrogens with zero attached hydrogens (tertiary/aromatic N) is 1. The molecule has 1 aliphatic rings. The predicted octanol–water partition coefficient (Wildman–Crippen LogP) is 3.74. The fourth-order valence-corrected chi connectivity index (χ4v) is 3.67. The lowest BCUT2D eigenvalue weighted by atomic mass is 9.81. The van der Waals surface area contributed by atoms with Crippen LogP contribution in [0.15, 0.2) is 17.5 Å². The molecule has 1 fully saturated rings. The Morgan fingerprint density at radius 3 is 2.58 bits per heavy atom. The summed E-state index contributed by atoms with van der Waals surface area (Å²) in [5.41, 5.74) is 0.439. The molecule has 0 amide bonds. The topological polar surface area (TPSA) is 15.3 Å². The molecule has 2 rings (SSSR count). The second-order valence-electron chi connectivity index (χ2n) is 5.95. The first kappa shape index (κ1) is 15.0. The predicted molar refractivity (Wildman–Crippen MR) is 84.7 cm³/mol. The van der Waals surface area contributed by atoms with Crippen molar-refractivity contribution in [2.75, 3.05) is 20.1 Å². The standard InChI is InChI=1S/C16H28N2S/c1-4-16(5-2,12-17-3)13-18(14-8-9-14)11-15-7-6-10-19-15/h6-7,10,14,17H,4-5,8-9,11-13H2,1-3H3. The molecule has 1 aromatic heterocycles. The summed E-state index contributed by atoms with van der Waals surface area (Å²) in [5, 5.41) is 5.61. The van der Waals surface area contributed by atoms with E-state index in [-0.39, 0.29) is 0 Å². The number of rotatable bonds is 9. The third-order valence-electron chi connectivity index (χ3n) is 4.59. The summed E-state index contributed by atoms with van der Waals surface area (Å²) in [6.45, 7) is 8.21. The van der Waals surface area contributed by atoms with Gasteiger partial charge in [0.15, 0.2) is 0 Å². The first-order valence-corrected chi connectivity index (χ1v) is 8.52. The number of thiophene rings is 1. The molecule has 0 atom stereocenters. The van der Waals surface area contributed by atoms with Crippen molar-refractivity contribution < 1.29 is 0 Å². The van der Waals surface area contributed by atoms with Gasteiger partial charge < -0.3 is 5.32 Å². The smallest absolute Gasteiger partial charge is 0.0331 e. The molecular weight excluding hydrogens is 252 g/mol. The summed E-state index contributed by atoms with van der Waals surface area (Å²) in [4.78, 5) is 4.24. The van der Waals surface area contributed by atoms with Gasteiger partial charge in [-0.2, -0.15) is 0 Å².